The van der Waals surface area contributed by atoms with Crippen LogP contribution in [0.25, 0.3) is 5.69 Å². The lowest BCUT2D eigenvalue weighted by molar-refractivity contribution is 0.0717. The van der Waals surface area contributed by atoms with Crippen molar-refractivity contribution in [3.8, 4) is 5.69 Å². The summed E-state index contributed by atoms with van der Waals surface area (Å²) in [6, 6.07) is 9.00. The molecule has 0 bridgehead atoms. The molecule has 2 atom stereocenters. The zero-order valence-corrected chi connectivity index (χ0v) is 11.8. The first kappa shape index (κ1) is 13.8. The molecule has 2 aromatic rings. The van der Waals surface area contributed by atoms with Gasteiger partial charge in [-0.15, -0.1) is 0 Å². The molecule has 1 aliphatic carbocycles. The van der Waals surface area contributed by atoms with Gasteiger partial charge in [0.2, 0.25) is 0 Å². The average Bonchev–Trinajstić information content (AvgIpc) is 3.04. The molecule has 1 aliphatic rings. The smallest absolute Gasteiger partial charge is 0.251 e. The number of aliphatic hydroxyl groups excluding tert-OH is 1. The molecular weight excluding hydrogens is 266 g/mol. The molecule has 0 unspecified atom stereocenters. The van der Waals surface area contributed by atoms with Gasteiger partial charge in [0.25, 0.3) is 5.91 Å². The number of aliphatic hydroxyl groups is 1. The number of hydrogen-bond donors (Lipinski definition) is 2. The number of rotatable bonds is 3. The summed E-state index contributed by atoms with van der Waals surface area (Å²) in [6.07, 6.45) is 6.85. The molecule has 21 heavy (non-hydrogen) atoms. The minimum Gasteiger partial charge on any atom is -0.391 e. The molecule has 1 aromatic heterocycles. The number of benzene rings is 1. The number of carbonyl (C=O) groups excluding carboxylic acids is 1. The Labute approximate surface area is 123 Å². The molecule has 2 N–H and O–H groups in total. The summed E-state index contributed by atoms with van der Waals surface area (Å²) in [6.45, 7) is 0. The van der Waals surface area contributed by atoms with Gasteiger partial charge in [-0.25, -0.2) is 4.68 Å². The zero-order valence-electron chi connectivity index (χ0n) is 11.8. The molecular formula is C16H19N3O2. The Morgan fingerprint density at radius 2 is 2.00 bits per heavy atom. The van der Waals surface area contributed by atoms with Crippen molar-refractivity contribution < 1.29 is 9.90 Å². The molecule has 1 heterocycles. The second-order valence-corrected chi connectivity index (χ2v) is 5.43. The third kappa shape index (κ3) is 3.13. The highest BCUT2D eigenvalue weighted by atomic mass is 16.3. The molecule has 0 radical (unpaired) electrons. The van der Waals surface area contributed by atoms with E-state index in [-0.39, 0.29) is 11.9 Å². The van der Waals surface area contributed by atoms with Crippen molar-refractivity contribution in [2.75, 3.05) is 0 Å². The van der Waals surface area contributed by atoms with Crippen LogP contribution in [0.4, 0.5) is 0 Å². The van der Waals surface area contributed by atoms with Crippen molar-refractivity contribution in [3.63, 3.8) is 0 Å². The van der Waals surface area contributed by atoms with Crippen LogP contribution in [-0.4, -0.2) is 32.9 Å². The van der Waals surface area contributed by atoms with Gasteiger partial charge in [-0.2, -0.15) is 5.10 Å². The van der Waals surface area contributed by atoms with Gasteiger partial charge in [0, 0.05) is 18.0 Å². The molecule has 5 heteroatoms. The van der Waals surface area contributed by atoms with Crippen LogP contribution < -0.4 is 5.32 Å². The van der Waals surface area contributed by atoms with Gasteiger partial charge in [-0.3, -0.25) is 4.79 Å². The Bertz CT molecular complexity index is 592. The summed E-state index contributed by atoms with van der Waals surface area (Å²) in [5, 5.41) is 17.0. The third-order valence-electron chi connectivity index (χ3n) is 3.94. The van der Waals surface area contributed by atoms with E-state index in [0.717, 1.165) is 31.4 Å². The first-order valence-corrected chi connectivity index (χ1v) is 7.33. The zero-order chi connectivity index (χ0) is 14.7. The first-order chi connectivity index (χ1) is 10.2. The highest BCUT2D eigenvalue weighted by molar-refractivity contribution is 5.94. The molecule has 110 valence electrons. The van der Waals surface area contributed by atoms with Crippen LogP contribution >= 0.6 is 0 Å². The Balaban J connectivity index is 1.67. The summed E-state index contributed by atoms with van der Waals surface area (Å²) < 4.78 is 1.74. The Morgan fingerprint density at radius 1 is 1.24 bits per heavy atom. The van der Waals surface area contributed by atoms with E-state index in [1.807, 2.05) is 24.4 Å². The summed E-state index contributed by atoms with van der Waals surface area (Å²) >= 11 is 0. The Kier molecular flexibility index (Phi) is 4.01. The van der Waals surface area contributed by atoms with Crippen molar-refractivity contribution >= 4 is 5.91 Å². The van der Waals surface area contributed by atoms with E-state index >= 15 is 0 Å². The van der Waals surface area contributed by atoms with Gasteiger partial charge in [-0.05, 0) is 43.2 Å². The van der Waals surface area contributed by atoms with Crippen molar-refractivity contribution in [1.29, 1.82) is 0 Å². The number of amides is 1. The van der Waals surface area contributed by atoms with E-state index in [4.69, 9.17) is 0 Å². The van der Waals surface area contributed by atoms with Crippen LogP contribution in [0.2, 0.25) is 0 Å². The third-order valence-corrected chi connectivity index (χ3v) is 3.94. The highest BCUT2D eigenvalue weighted by Gasteiger charge is 2.24. The molecule has 1 amide bonds. The van der Waals surface area contributed by atoms with Crippen molar-refractivity contribution in [1.82, 2.24) is 15.1 Å². The van der Waals surface area contributed by atoms with Gasteiger partial charge < -0.3 is 10.4 Å². The Morgan fingerprint density at radius 3 is 2.67 bits per heavy atom. The maximum absolute atomic E-state index is 12.2. The lowest BCUT2D eigenvalue weighted by Gasteiger charge is -2.28. The quantitative estimate of drug-likeness (QED) is 0.905. The van der Waals surface area contributed by atoms with Crippen molar-refractivity contribution in [2.24, 2.45) is 0 Å². The maximum atomic E-state index is 12.2. The van der Waals surface area contributed by atoms with Gasteiger partial charge in [-0.1, -0.05) is 12.8 Å². The van der Waals surface area contributed by atoms with Crippen LogP contribution in [0.5, 0.6) is 0 Å². The monoisotopic (exact) mass is 285 g/mol. The van der Waals surface area contributed by atoms with Gasteiger partial charge in [0.05, 0.1) is 17.8 Å². The molecule has 0 saturated heterocycles. The molecule has 1 fully saturated rings. The fraction of sp³-hybridized carbons (Fsp3) is 0.375. The fourth-order valence-corrected chi connectivity index (χ4v) is 2.72. The standard InChI is InChI=1S/C16H19N3O2/c20-15-5-2-1-4-14(15)18-16(21)12-6-8-13(9-7-12)19-11-3-10-17-19/h3,6-11,14-15,20H,1-2,4-5H2,(H,18,21)/t14-,15-/m1/s1. The van der Waals surface area contributed by atoms with Crippen LogP contribution in [0, 0.1) is 0 Å². The number of hydrogen-bond acceptors (Lipinski definition) is 3. The van der Waals surface area contributed by atoms with Crippen LogP contribution in [-0.2, 0) is 0 Å². The van der Waals surface area contributed by atoms with E-state index in [1.54, 1.807) is 23.0 Å². The van der Waals surface area contributed by atoms with Gasteiger partial charge in [0.15, 0.2) is 0 Å². The molecule has 0 aliphatic heterocycles. The fourth-order valence-electron chi connectivity index (χ4n) is 2.72. The Hall–Kier alpha value is -2.14. The topological polar surface area (TPSA) is 67.2 Å². The second kappa shape index (κ2) is 6.10. The second-order valence-electron chi connectivity index (χ2n) is 5.43. The highest BCUT2D eigenvalue weighted by Crippen LogP contribution is 2.19. The van der Waals surface area contributed by atoms with Gasteiger partial charge >= 0.3 is 0 Å². The maximum Gasteiger partial charge on any atom is 0.251 e. The minimum absolute atomic E-state index is 0.128. The normalized spacial score (nSPS) is 22.0. The lowest BCUT2D eigenvalue weighted by Crippen LogP contribution is -2.45. The molecule has 3 rings (SSSR count). The summed E-state index contributed by atoms with van der Waals surface area (Å²) in [5.74, 6) is -0.132. The molecule has 0 spiro atoms. The van der Waals surface area contributed by atoms with Crippen LogP contribution in [0.15, 0.2) is 42.7 Å². The molecule has 5 nitrogen and oxygen atoms in total. The summed E-state index contributed by atoms with van der Waals surface area (Å²) in [4.78, 5) is 12.2. The lowest BCUT2D eigenvalue weighted by atomic mass is 9.92. The SMILES string of the molecule is O=C(N[C@@H]1CCCC[C@H]1O)c1ccc(-n2cccn2)cc1. The minimum atomic E-state index is -0.425. The van der Waals surface area contributed by atoms with Gasteiger partial charge in [0.1, 0.15) is 0 Å². The number of nitrogens with zero attached hydrogens (tertiary/aromatic N) is 2. The largest absolute Gasteiger partial charge is 0.391 e. The molecule has 1 saturated carbocycles. The van der Waals surface area contributed by atoms with E-state index < -0.39 is 6.10 Å². The number of aromatic nitrogens is 2. The predicted molar refractivity (Wildman–Crippen MR) is 79.3 cm³/mol. The van der Waals surface area contributed by atoms with Crippen LogP contribution in [0.1, 0.15) is 36.0 Å². The van der Waals surface area contributed by atoms with E-state index in [2.05, 4.69) is 10.4 Å². The van der Waals surface area contributed by atoms with E-state index in [9.17, 15) is 9.90 Å². The number of carbonyl (C=O) groups is 1. The first-order valence-electron chi connectivity index (χ1n) is 7.33. The number of nitrogens with one attached hydrogen (secondary N) is 1. The summed E-state index contributed by atoms with van der Waals surface area (Å²) in [5.41, 5.74) is 1.51. The van der Waals surface area contributed by atoms with E-state index in [1.165, 1.54) is 0 Å². The van der Waals surface area contributed by atoms with Crippen molar-refractivity contribution in [3.05, 3.63) is 48.3 Å². The predicted octanol–water partition coefficient (Wildman–Crippen LogP) is 1.91. The summed E-state index contributed by atoms with van der Waals surface area (Å²) in [7, 11) is 0. The average molecular weight is 285 g/mol. The van der Waals surface area contributed by atoms with E-state index in [0.29, 0.717) is 5.56 Å². The van der Waals surface area contributed by atoms with Crippen molar-refractivity contribution in [2.45, 2.75) is 37.8 Å². The molecule has 1 aromatic carbocycles. The van der Waals surface area contributed by atoms with Crippen LogP contribution in [0.3, 0.4) is 0 Å².